The molecule has 0 unspecified atom stereocenters. The molecule has 56 valence electrons. The van der Waals surface area contributed by atoms with Gasteiger partial charge in [0, 0.05) is 13.7 Å². The van der Waals surface area contributed by atoms with Crippen LogP contribution in [0.3, 0.4) is 0 Å². The largest absolute Gasteiger partial charge is 0.383 e. The van der Waals surface area contributed by atoms with Crippen LogP contribution in [0, 0.1) is 0 Å². The first kappa shape index (κ1) is 7.68. The lowest BCUT2D eigenvalue weighted by Crippen LogP contribution is -2.02. The summed E-state index contributed by atoms with van der Waals surface area (Å²) in [6, 6.07) is 0. The highest BCUT2D eigenvalue weighted by atomic mass is 79.9. The lowest BCUT2D eigenvalue weighted by atomic mass is 10.7. The lowest BCUT2D eigenvalue weighted by molar-refractivity contribution is 0.186. The third-order valence-corrected chi connectivity index (χ3v) is 1.72. The molecule has 0 aliphatic heterocycles. The molecule has 0 amide bonds. The second-order valence-electron chi connectivity index (χ2n) is 1.79. The van der Waals surface area contributed by atoms with E-state index in [4.69, 9.17) is 4.74 Å². The fourth-order valence-corrected chi connectivity index (χ4v) is 0.941. The van der Waals surface area contributed by atoms with Gasteiger partial charge in [-0.1, -0.05) is 0 Å². The van der Waals surface area contributed by atoms with E-state index in [1.165, 1.54) is 0 Å². The molecular weight excluding hydrogens is 198 g/mol. The van der Waals surface area contributed by atoms with E-state index in [1.807, 2.05) is 4.57 Å². The fraction of sp³-hybridized carbons (Fsp3) is 0.600. The van der Waals surface area contributed by atoms with E-state index in [0.717, 1.165) is 11.3 Å². The summed E-state index contributed by atoms with van der Waals surface area (Å²) < 4.78 is 7.48. The molecule has 0 radical (unpaired) electrons. The molecular formula is C5H8BrN3O. The molecule has 1 aromatic heterocycles. The van der Waals surface area contributed by atoms with Crippen LogP contribution in [0.15, 0.2) is 11.1 Å². The van der Waals surface area contributed by atoms with Gasteiger partial charge in [0.2, 0.25) is 0 Å². The van der Waals surface area contributed by atoms with Crippen LogP contribution in [0.2, 0.25) is 0 Å². The minimum Gasteiger partial charge on any atom is -0.383 e. The van der Waals surface area contributed by atoms with E-state index in [1.54, 1.807) is 13.4 Å². The number of halogens is 1. The van der Waals surface area contributed by atoms with Gasteiger partial charge in [0.15, 0.2) is 4.73 Å². The predicted molar refractivity (Wildman–Crippen MR) is 39.6 cm³/mol. The van der Waals surface area contributed by atoms with Crippen molar-refractivity contribution in [2.75, 3.05) is 13.7 Å². The minimum atomic E-state index is 0.677. The Balaban J connectivity index is 2.49. The van der Waals surface area contributed by atoms with Gasteiger partial charge in [0.1, 0.15) is 6.33 Å². The Morgan fingerprint density at radius 1 is 1.80 bits per heavy atom. The van der Waals surface area contributed by atoms with Gasteiger partial charge in [-0.05, 0) is 15.9 Å². The van der Waals surface area contributed by atoms with Crippen molar-refractivity contribution in [2.24, 2.45) is 0 Å². The first-order valence-electron chi connectivity index (χ1n) is 2.87. The van der Waals surface area contributed by atoms with Crippen LogP contribution < -0.4 is 0 Å². The molecule has 1 aromatic rings. The van der Waals surface area contributed by atoms with Crippen LogP contribution in [0.4, 0.5) is 0 Å². The van der Waals surface area contributed by atoms with Crippen LogP contribution >= 0.6 is 15.9 Å². The van der Waals surface area contributed by atoms with Gasteiger partial charge in [-0.15, -0.1) is 10.2 Å². The van der Waals surface area contributed by atoms with Crippen LogP contribution in [0.5, 0.6) is 0 Å². The fourth-order valence-electron chi connectivity index (χ4n) is 0.581. The molecule has 0 atom stereocenters. The number of nitrogens with zero attached hydrogens (tertiary/aromatic N) is 3. The quantitative estimate of drug-likeness (QED) is 0.730. The van der Waals surface area contributed by atoms with Gasteiger partial charge in [0.05, 0.1) is 6.61 Å². The molecule has 1 heterocycles. The molecule has 4 nitrogen and oxygen atoms in total. The van der Waals surface area contributed by atoms with Gasteiger partial charge < -0.3 is 9.30 Å². The predicted octanol–water partition coefficient (Wildman–Crippen LogP) is 0.687. The Labute approximate surface area is 67.3 Å². The Kier molecular flexibility index (Phi) is 2.82. The van der Waals surface area contributed by atoms with E-state index in [9.17, 15) is 0 Å². The second kappa shape index (κ2) is 3.68. The van der Waals surface area contributed by atoms with E-state index in [2.05, 4.69) is 26.1 Å². The first-order chi connectivity index (χ1) is 4.84. The summed E-state index contributed by atoms with van der Waals surface area (Å²) in [6.07, 6.45) is 1.66. The summed E-state index contributed by atoms with van der Waals surface area (Å²) in [6.45, 7) is 1.46. The van der Waals surface area contributed by atoms with Gasteiger partial charge in [0.25, 0.3) is 0 Å². The van der Waals surface area contributed by atoms with Crippen LogP contribution in [-0.2, 0) is 11.3 Å². The third kappa shape index (κ3) is 1.78. The monoisotopic (exact) mass is 205 g/mol. The number of hydrogen-bond donors (Lipinski definition) is 0. The maximum atomic E-state index is 4.87. The van der Waals surface area contributed by atoms with E-state index >= 15 is 0 Å². The molecule has 0 fully saturated rings. The van der Waals surface area contributed by atoms with Gasteiger partial charge >= 0.3 is 0 Å². The molecule has 0 aliphatic rings. The molecule has 0 aromatic carbocycles. The van der Waals surface area contributed by atoms with Crippen molar-refractivity contribution in [1.82, 2.24) is 14.8 Å². The normalized spacial score (nSPS) is 10.2. The van der Waals surface area contributed by atoms with Crippen molar-refractivity contribution in [2.45, 2.75) is 6.54 Å². The Morgan fingerprint density at radius 2 is 2.60 bits per heavy atom. The zero-order valence-electron chi connectivity index (χ0n) is 5.62. The summed E-state index contributed by atoms with van der Waals surface area (Å²) in [5, 5.41) is 7.43. The van der Waals surface area contributed by atoms with Gasteiger partial charge in [-0.2, -0.15) is 0 Å². The molecule has 0 spiro atoms. The van der Waals surface area contributed by atoms with Gasteiger partial charge in [-0.3, -0.25) is 0 Å². The number of rotatable bonds is 3. The highest BCUT2D eigenvalue weighted by Crippen LogP contribution is 2.02. The molecule has 0 saturated heterocycles. The third-order valence-electron chi connectivity index (χ3n) is 1.10. The summed E-state index contributed by atoms with van der Waals surface area (Å²) in [4.78, 5) is 0. The van der Waals surface area contributed by atoms with Crippen LogP contribution in [0.1, 0.15) is 0 Å². The van der Waals surface area contributed by atoms with Crippen LogP contribution in [-0.4, -0.2) is 28.5 Å². The Hall–Kier alpha value is -0.420. The zero-order chi connectivity index (χ0) is 7.40. The minimum absolute atomic E-state index is 0.677. The van der Waals surface area contributed by atoms with E-state index in [-0.39, 0.29) is 0 Å². The van der Waals surface area contributed by atoms with Crippen molar-refractivity contribution in [1.29, 1.82) is 0 Å². The zero-order valence-corrected chi connectivity index (χ0v) is 7.21. The molecule has 1 rings (SSSR count). The number of aromatic nitrogens is 3. The molecule has 0 bridgehead atoms. The summed E-state index contributed by atoms with van der Waals surface area (Å²) in [5.74, 6) is 0. The van der Waals surface area contributed by atoms with Gasteiger partial charge in [-0.25, -0.2) is 0 Å². The Bertz CT molecular complexity index is 201. The van der Waals surface area contributed by atoms with E-state index < -0.39 is 0 Å². The number of methoxy groups -OCH3 is 1. The van der Waals surface area contributed by atoms with Crippen molar-refractivity contribution in [3.05, 3.63) is 11.1 Å². The molecule has 0 N–H and O–H groups in total. The van der Waals surface area contributed by atoms with Crippen molar-refractivity contribution in [3.63, 3.8) is 0 Å². The first-order valence-corrected chi connectivity index (χ1v) is 3.66. The van der Waals surface area contributed by atoms with Crippen molar-refractivity contribution >= 4 is 15.9 Å². The maximum absolute atomic E-state index is 4.87. The van der Waals surface area contributed by atoms with Crippen molar-refractivity contribution in [3.8, 4) is 0 Å². The molecule has 0 saturated carbocycles. The topological polar surface area (TPSA) is 39.9 Å². The maximum Gasteiger partial charge on any atom is 0.199 e. The lowest BCUT2D eigenvalue weighted by Gasteiger charge is -1.99. The highest BCUT2D eigenvalue weighted by molar-refractivity contribution is 9.10. The number of hydrogen-bond acceptors (Lipinski definition) is 3. The SMILES string of the molecule is COCCn1cnnc1Br. The molecule has 10 heavy (non-hydrogen) atoms. The average Bonchev–Trinajstić information content (AvgIpc) is 2.31. The average molecular weight is 206 g/mol. The highest BCUT2D eigenvalue weighted by Gasteiger charge is 1.96. The number of ether oxygens (including phenoxy) is 1. The molecule has 5 heteroatoms. The second-order valence-corrected chi connectivity index (χ2v) is 2.50. The molecule has 0 aliphatic carbocycles. The van der Waals surface area contributed by atoms with Crippen LogP contribution in [0.25, 0.3) is 0 Å². The smallest absolute Gasteiger partial charge is 0.199 e. The summed E-state index contributed by atoms with van der Waals surface area (Å²) in [5.41, 5.74) is 0. The standard InChI is InChI=1S/C5H8BrN3O/c1-10-3-2-9-4-7-8-5(9)6/h4H,2-3H2,1H3. The summed E-state index contributed by atoms with van der Waals surface area (Å²) in [7, 11) is 1.66. The van der Waals surface area contributed by atoms with Crippen molar-refractivity contribution < 1.29 is 4.74 Å². The summed E-state index contributed by atoms with van der Waals surface area (Å²) >= 11 is 3.23. The van der Waals surface area contributed by atoms with E-state index in [0.29, 0.717) is 6.61 Å². The Morgan fingerprint density at radius 3 is 3.10 bits per heavy atom.